The van der Waals surface area contributed by atoms with Crippen LogP contribution in [0.3, 0.4) is 0 Å². The van der Waals surface area contributed by atoms with Gasteiger partial charge in [0.15, 0.2) is 11.5 Å². The van der Waals surface area contributed by atoms with Crippen LogP contribution in [0.1, 0.15) is 22.6 Å². The summed E-state index contributed by atoms with van der Waals surface area (Å²) in [6.07, 6.45) is 1.73. The van der Waals surface area contributed by atoms with Gasteiger partial charge in [-0.2, -0.15) is 4.98 Å². The second kappa shape index (κ2) is 7.32. The molecule has 0 atom stereocenters. The number of fused-ring (bicyclic) bond motifs is 1. The fourth-order valence-corrected chi connectivity index (χ4v) is 2.84. The molecule has 0 bridgehead atoms. The predicted molar refractivity (Wildman–Crippen MR) is 109 cm³/mol. The molecule has 4 rings (SSSR count). The van der Waals surface area contributed by atoms with Crippen molar-refractivity contribution in [1.29, 1.82) is 0 Å². The lowest BCUT2D eigenvalue weighted by atomic mass is 10.1. The van der Waals surface area contributed by atoms with Crippen LogP contribution < -0.4 is 5.32 Å². The smallest absolute Gasteiger partial charge is 0.261 e. The number of rotatable bonds is 3. The number of pyridine rings is 2. The molecule has 0 saturated heterocycles. The zero-order chi connectivity index (χ0) is 18.3. The minimum atomic E-state index is 0. The quantitative estimate of drug-likeness (QED) is 0.533. The molecule has 0 aliphatic carbocycles. The van der Waals surface area contributed by atoms with Gasteiger partial charge >= 0.3 is 0 Å². The van der Waals surface area contributed by atoms with Gasteiger partial charge in [-0.05, 0) is 63.1 Å². The molecule has 3 aromatic heterocycles. The summed E-state index contributed by atoms with van der Waals surface area (Å²) >= 11 is 0. The summed E-state index contributed by atoms with van der Waals surface area (Å²) < 4.78 is 5.38. The minimum Gasteiger partial charge on any atom is -0.354 e. The summed E-state index contributed by atoms with van der Waals surface area (Å²) in [4.78, 5) is 13.4. The number of hydrogen-bond donors (Lipinski definition) is 1. The summed E-state index contributed by atoms with van der Waals surface area (Å²) in [7, 11) is 0. The lowest BCUT2D eigenvalue weighted by Gasteiger charge is -2.14. The van der Waals surface area contributed by atoms with E-state index in [1.807, 2.05) is 19.1 Å². The molecule has 7 heteroatoms. The van der Waals surface area contributed by atoms with Crippen LogP contribution in [0.15, 0.2) is 41.1 Å². The maximum absolute atomic E-state index is 5.38. The van der Waals surface area contributed by atoms with Crippen LogP contribution in [-0.2, 0) is 0 Å². The molecule has 1 N–H and O–H groups in total. The molecule has 0 amide bonds. The third-order valence-corrected chi connectivity index (χ3v) is 4.40. The van der Waals surface area contributed by atoms with Gasteiger partial charge in [0, 0.05) is 23.0 Å². The van der Waals surface area contributed by atoms with Crippen molar-refractivity contribution in [3.8, 4) is 11.5 Å². The molecular formula is C20H20ClN5O. The van der Waals surface area contributed by atoms with Crippen molar-refractivity contribution in [2.75, 3.05) is 5.32 Å². The standard InChI is InChI=1S/C20H19N5O.ClH/c1-11-5-7-15(9-12(11)2)24-18-16-8-6-13(3)22-19(16)21-10-17(18)20-23-14(4)25-26-20;/h5-10H,1-4H3,(H,21,22,24);1H. The molecule has 0 saturated carbocycles. The van der Waals surface area contributed by atoms with Gasteiger partial charge in [-0.25, -0.2) is 9.97 Å². The number of anilines is 2. The van der Waals surface area contributed by atoms with Crippen molar-refractivity contribution < 1.29 is 4.52 Å². The van der Waals surface area contributed by atoms with E-state index in [4.69, 9.17) is 4.52 Å². The Kier molecular flexibility index (Phi) is 5.10. The topological polar surface area (TPSA) is 76.7 Å². The first-order valence-electron chi connectivity index (χ1n) is 8.42. The van der Waals surface area contributed by atoms with Crippen LogP contribution in [0.25, 0.3) is 22.5 Å². The summed E-state index contributed by atoms with van der Waals surface area (Å²) in [6.45, 7) is 7.94. The Hall–Kier alpha value is -2.99. The maximum atomic E-state index is 5.38. The van der Waals surface area contributed by atoms with Gasteiger partial charge in [0.25, 0.3) is 5.89 Å². The van der Waals surface area contributed by atoms with Gasteiger partial charge in [-0.15, -0.1) is 12.4 Å². The van der Waals surface area contributed by atoms with Gasteiger partial charge in [0.05, 0.1) is 11.3 Å². The highest BCUT2D eigenvalue weighted by Crippen LogP contribution is 2.34. The van der Waals surface area contributed by atoms with Crippen molar-refractivity contribution in [2.24, 2.45) is 0 Å². The Morgan fingerprint density at radius 2 is 1.74 bits per heavy atom. The molecule has 4 aromatic rings. The van der Waals surface area contributed by atoms with Crippen molar-refractivity contribution in [2.45, 2.75) is 27.7 Å². The van der Waals surface area contributed by atoms with Crippen LogP contribution in [0, 0.1) is 27.7 Å². The Balaban J connectivity index is 0.00000210. The van der Waals surface area contributed by atoms with E-state index in [2.05, 4.69) is 57.5 Å². The fraction of sp³-hybridized carbons (Fsp3) is 0.200. The van der Waals surface area contributed by atoms with E-state index in [9.17, 15) is 0 Å². The first-order valence-corrected chi connectivity index (χ1v) is 8.42. The molecular weight excluding hydrogens is 362 g/mol. The lowest BCUT2D eigenvalue weighted by Crippen LogP contribution is -1.99. The first-order chi connectivity index (χ1) is 12.5. The van der Waals surface area contributed by atoms with Gasteiger partial charge < -0.3 is 9.84 Å². The number of nitrogens with one attached hydrogen (secondary N) is 1. The number of hydrogen-bond acceptors (Lipinski definition) is 6. The maximum Gasteiger partial charge on any atom is 0.261 e. The summed E-state index contributed by atoms with van der Waals surface area (Å²) in [5.41, 5.74) is 6.66. The molecule has 3 heterocycles. The monoisotopic (exact) mass is 381 g/mol. The van der Waals surface area contributed by atoms with Crippen molar-refractivity contribution in [3.63, 3.8) is 0 Å². The van der Waals surface area contributed by atoms with E-state index in [-0.39, 0.29) is 12.4 Å². The Morgan fingerprint density at radius 3 is 2.44 bits per heavy atom. The zero-order valence-corrected chi connectivity index (χ0v) is 16.4. The molecule has 0 fully saturated rings. The summed E-state index contributed by atoms with van der Waals surface area (Å²) in [5.74, 6) is 1.02. The molecule has 1 aromatic carbocycles. The number of benzene rings is 1. The van der Waals surface area contributed by atoms with E-state index in [0.29, 0.717) is 17.4 Å². The minimum absolute atomic E-state index is 0. The van der Waals surface area contributed by atoms with Crippen molar-refractivity contribution in [1.82, 2.24) is 20.1 Å². The summed E-state index contributed by atoms with van der Waals surface area (Å²) in [5, 5.41) is 8.31. The number of halogens is 1. The van der Waals surface area contributed by atoms with Crippen LogP contribution in [-0.4, -0.2) is 20.1 Å². The molecule has 6 nitrogen and oxygen atoms in total. The summed E-state index contributed by atoms with van der Waals surface area (Å²) in [6, 6.07) is 10.3. The highest BCUT2D eigenvalue weighted by Gasteiger charge is 2.17. The van der Waals surface area contributed by atoms with Gasteiger partial charge in [-0.1, -0.05) is 11.2 Å². The number of nitrogens with zero attached hydrogens (tertiary/aromatic N) is 4. The zero-order valence-electron chi connectivity index (χ0n) is 15.6. The molecule has 0 unspecified atom stereocenters. The van der Waals surface area contributed by atoms with E-state index >= 15 is 0 Å². The van der Waals surface area contributed by atoms with E-state index in [1.54, 1.807) is 13.1 Å². The van der Waals surface area contributed by atoms with Crippen molar-refractivity contribution in [3.05, 3.63) is 59.2 Å². The highest BCUT2D eigenvalue weighted by atomic mass is 35.5. The fourth-order valence-electron chi connectivity index (χ4n) is 2.84. The van der Waals surface area contributed by atoms with E-state index in [1.165, 1.54) is 11.1 Å². The molecule has 0 radical (unpaired) electrons. The largest absolute Gasteiger partial charge is 0.354 e. The Labute approximate surface area is 163 Å². The number of aromatic nitrogens is 4. The third-order valence-electron chi connectivity index (χ3n) is 4.40. The van der Waals surface area contributed by atoms with Crippen LogP contribution in [0.2, 0.25) is 0 Å². The van der Waals surface area contributed by atoms with Crippen molar-refractivity contribution >= 4 is 34.8 Å². The van der Waals surface area contributed by atoms with E-state index in [0.717, 1.165) is 28.0 Å². The average Bonchev–Trinajstić information content (AvgIpc) is 3.04. The normalized spacial score (nSPS) is 10.7. The first kappa shape index (κ1) is 18.8. The second-order valence-electron chi connectivity index (χ2n) is 6.44. The third kappa shape index (κ3) is 3.61. The lowest BCUT2D eigenvalue weighted by molar-refractivity contribution is 0.425. The second-order valence-corrected chi connectivity index (χ2v) is 6.44. The number of aryl methyl sites for hydroxylation is 4. The van der Waals surface area contributed by atoms with E-state index < -0.39 is 0 Å². The average molecular weight is 382 g/mol. The van der Waals surface area contributed by atoms with Gasteiger partial charge in [-0.3, -0.25) is 0 Å². The molecule has 0 spiro atoms. The van der Waals surface area contributed by atoms with Gasteiger partial charge in [0.1, 0.15) is 0 Å². The van der Waals surface area contributed by atoms with Crippen LogP contribution in [0.4, 0.5) is 11.4 Å². The van der Waals surface area contributed by atoms with Crippen LogP contribution >= 0.6 is 12.4 Å². The Morgan fingerprint density at radius 1 is 0.926 bits per heavy atom. The molecule has 27 heavy (non-hydrogen) atoms. The Bertz CT molecular complexity index is 1120. The SMILES string of the molecule is Cc1ccc2c(Nc3ccc(C)c(C)c3)c(-c3nc(C)no3)cnc2n1.Cl. The van der Waals surface area contributed by atoms with Crippen LogP contribution in [0.5, 0.6) is 0 Å². The molecule has 138 valence electrons. The highest BCUT2D eigenvalue weighted by molar-refractivity contribution is 5.98. The molecule has 0 aliphatic rings. The van der Waals surface area contributed by atoms with Gasteiger partial charge in [0.2, 0.25) is 0 Å². The predicted octanol–water partition coefficient (Wildman–Crippen LogP) is 5.08. The molecule has 0 aliphatic heterocycles.